The van der Waals surface area contributed by atoms with Crippen molar-refractivity contribution in [3.8, 4) is 0 Å². The average Bonchev–Trinajstić information content (AvgIpc) is 3.06. The minimum atomic E-state index is -0.230. The van der Waals surface area contributed by atoms with Crippen LogP contribution in [-0.4, -0.2) is 22.6 Å². The Bertz CT molecular complexity index is 1010. The standard InChI is InChI=1S/C26H27N3/c1-20-26(3,24-17-11-6-12-18-24)25(23-15-9-5-10-16-23)28-29(20)21(2)27-19-22-13-7-4-8-14-22/h4-18,20H,19H2,1-3H3/t20-,26-/m0/s1. The maximum atomic E-state index is 5.10. The highest BCUT2D eigenvalue weighted by molar-refractivity contribution is 6.10. The third-order valence-corrected chi connectivity index (χ3v) is 5.99. The Hall–Kier alpha value is -3.20. The van der Waals surface area contributed by atoms with Crippen LogP contribution in [0.1, 0.15) is 37.5 Å². The number of nitrogens with zero attached hydrogens (tertiary/aromatic N) is 3. The molecule has 0 aliphatic carbocycles. The van der Waals surface area contributed by atoms with Gasteiger partial charge >= 0.3 is 0 Å². The maximum absolute atomic E-state index is 5.10. The van der Waals surface area contributed by atoms with Crippen LogP contribution >= 0.6 is 0 Å². The molecule has 0 saturated heterocycles. The normalized spacial score (nSPS) is 21.9. The van der Waals surface area contributed by atoms with Gasteiger partial charge in [-0.1, -0.05) is 91.0 Å². The number of rotatable bonds is 4. The van der Waals surface area contributed by atoms with Crippen LogP contribution in [0.15, 0.2) is 101 Å². The summed E-state index contributed by atoms with van der Waals surface area (Å²) in [6, 6.07) is 31.7. The molecule has 3 heteroatoms. The minimum absolute atomic E-state index is 0.152. The number of amidine groups is 1. The summed E-state index contributed by atoms with van der Waals surface area (Å²) >= 11 is 0. The van der Waals surface area contributed by atoms with E-state index in [9.17, 15) is 0 Å². The minimum Gasteiger partial charge on any atom is -0.266 e. The van der Waals surface area contributed by atoms with E-state index in [2.05, 4.69) is 105 Å². The predicted molar refractivity (Wildman–Crippen MR) is 121 cm³/mol. The number of aliphatic imine (C=N–C) groups is 1. The van der Waals surface area contributed by atoms with Gasteiger partial charge in [-0.15, -0.1) is 0 Å². The molecular weight excluding hydrogens is 354 g/mol. The van der Waals surface area contributed by atoms with Crippen LogP contribution in [0, 0.1) is 0 Å². The molecule has 0 unspecified atom stereocenters. The molecule has 0 aromatic heterocycles. The monoisotopic (exact) mass is 381 g/mol. The molecule has 1 aliphatic rings. The molecule has 3 aromatic carbocycles. The van der Waals surface area contributed by atoms with Crippen molar-refractivity contribution in [2.24, 2.45) is 10.1 Å². The molecule has 4 rings (SSSR count). The third-order valence-electron chi connectivity index (χ3n) is 5.99. The van der Waals surface area contributed by atoms with Gasteiger partial charge < -0.3 is 0 Å². The van der Waals surface area contributed by atoms with Gasteiger partial charge in [-0.05, 0) is 37.5 Å². The zero-order chi connectivity index (χ0) is 20.3. The molecular formula is C26H27N3. The molecule has 0 spiro atoms. The molecule has 0 saturated carbocycles. The van der Waals surface area contributed by atoms with Crippen LogP contribution in [0.5, 0.6) is 0 Å². The first kappa shape index (κ1) is 19.1. The molecule has 146 valence electrons. The van der Waals surface area contributed by atoms with E-state index in [1.165, 1.54) is 11.1 Å². The number of hydrogen-bond acceptors (Lipinski definition) is 2. The summed E-state index contributed by atoms with van der Waals surface area (Å²) in [5.74, 6) is 0.939. The SMILES string of the molecule is CC(=NCc1ccccc1)N1N=C(c2ccccc2)[C@](C)(c2ccccc2)[C@@H]1C. The second kappa shape index (κ2) is 8.04. The van der Waals surface area contributed by atoms with E-state index < -0.39 is 0 Å². The predicted octanol–water partition coefficient (Wildman–Crippen LogP) is 5.67. The highest BCUT2D eigenvalue weighted by atomic mass is 15.5. The van der Waals surface area contributed by atoms with Crippen molar-refractivity contribution >= 4 is 11.5 Å². The van der Waals surface area contributed by atoms with Crippen molar-refractivity contribution in [2.75, 3.05) is 0 Å². The van der Waals surface area contributed by atoms with E-state index in [0.717, 1.165) is 17.1 Å². The smallest absolute Gasteiger partial charge is 0.117 e. The summed E-state index contributed by atoms with van der Waals surface area (Å²) < 4.78 is 0. The maximum Gasteiger partial charge on any atom is 0.117 e. The van der Waals surface area contributed by atoms with Crippen LogP contribution in [0.2, 0.25) is 0 Å². The van der Waals surface area contributed by atoms with Gasteiger partial charge in [0.2, 0.25) is 0 Å². The molecule has 0 fully saturated rings. The second-order valence-electron chi connectivity index (χ2n) is 7.75. The molecule has 1 heterocycles. The quantitative estimate of drug-likeness (QED) is 0.423. The largest absolute Gasteiger partial charge is 0.266 e. The van der Waals surface area contributed by atoms with E-state index in [4.69, 9.17) is 10.1 Å². The van der Waals surface area contributed by atoms with E-state index in [1.54, 1.807) is 0 Å². The molecule has 2 atom stereocenters. The summed E-state index contributed by atoms with van der Waals surface area (Å²) in [6.07, 6.45) is 0. The molecule has 3 nitrogen and oxygen atoms in total. The molecule has 0 amide bonds. The molecule has 0 bridgehead atoms. The summed E-state index contributed by atoms with van der Waals surface area (Å²) in [5, 5.41) is 7.20. The van der Waals surface area contributed by atoms with E-state index >= 15 is 0 Å². The fraction of sp³-hybridized carbons (Fsp3) is 0.231. The van der Waals surface area contributed by atoms with Crippen molar-refractivity contribution in [3.05, 3.63) is 108 Å². The summed E-state index contributed by atoms with van der Waals surface area (Å²) in [7, 11) is 0. The van der Waals surface area contributed by atoms with Crippen LogP contribution < -0.4 is 0 Å². The number of hydrazone groups is 1. The lowest BCUT2D eigenvalue weighted by Crippen LogP contribution is -2.45. The number of benzene rings is 3. The van der Waals surface area contributed by atoms with Gasteiger partial charge in [0, 0.05) is 0 Å². The summed E-state index contributed by atoms with van der Waals surface area (Å²) in [5.41, 5.74) is 4.49. The highest BCUT2D eigenvalue weighted by Crippen LogP contribution is 2.40. The van der Waals surface area contributed by atoms with Gasteiger partial charge in [-0.3, -0.25) is 4.99 Å². The average molecular weight is 382 g/mol. The molecule has 1 aliphatic heterocycles. The molecule has 0 radical (unpaired) electrons. The van der Waals surface area contributed by atoms with Crippen molar-refractivity contribution in [3.63, 3.8) is 0 Å². The summed E-state index contributed by atoms with van der Waals surface area (Å²) in [4.78, 5) is 4.85. The highest BCUT2D eigenvalue weighted by Gasteiger charge is 2.47. The fourth-order valence-corrected chi connectivity index (χ4v) is 4.07. The first-order valence-electron chi connectivity index (χ1n) is 10.1. The lowest BCUT2D eigenvalue weighted by atomic mass is 9.71. The molecule has 0 N–H and O–H groups in total. The Labute approximate surface area is 173 Å². The van der Waals surface area contributed by atoms with Gasteiger partial charge in [0.15, 0.2) is 0 Å². The zero-order valence-corrected chi connectivity index (χ0v) is 17.3. The third kappa shape index (κ3) is 3.61. The van der Waals surface area contributed by atoms with Gasteiger partial charge in [0.1, 0.15) is 5.84 Å². The van der Waals surface area contributed by atoms with Gasteiger partial charge in [0.05, 0.1) is 23.7 Å². The summed E-state index contributed by atoms with van der Waals surface area (Å²) in [6.45, 7) is 7.26. The Balaban J connectivity index is 1.73. The van der Waals surface area contributed by atoms with Crippen LogP contribution in [0.4, 0.5) is 0 Å². The van der Waals surface area contributed by atoms with Gasteiger partial charge in [-0.2, -0.15) is 5.10 Å². The van der Waals surface area contributed by atoms with Gasteiger partial charge in [-0.25, -0.2) is 5.01 Å². The Morgan fingerprint density at radius 1 is 0.897 bits per heavy atom. The Morgan fingerprint density at radius 2 is 1.45 bits per heavy atom. The Kier molecular flexibility index (Phi) is 5.30. The van der Waals surface area contributed by atoms with E-state index in [0.29, 0.717) is 6.54 Å². The van der Waals surface area contributed by atoms with Crippen molar-refractivity contribution in [1.82, 2.24) is 5.01 Å². The van der Waals surface area contributed by atoms with Crippen molar-refractivity contribution in [1.29, 1.82) is 0 Å². The van der Waals surface area contributed by atoms with Gasteiger partial charge in [0.25, 0.3) is 0 Å². The first-order chi connectivity index (χ1) is 14.1. The lowest BCUT2D eigenvalue weighted by Gasteiger charge is -2.34. The second-order valence-corrected chi connectivity index (χ2v) is 7.75. The van der Waals surface area contributed by atoms with Crippen LogP contribution in [0.3, 0.4) is 0 Å². The van der Waals surface area contributed by atoms with Crippen molar-refractivity contribution in [2.45, 2.75) is 38.8 Å². The number of hydrogen-bond donors (Lipinski definition) is 0. The first-order valence-corrected chi connectivity index (χ1v) is 10.1. The zero-order valence-electron chi connectivity index (χ0n) is 17.3. The van der Waals surface area contributed by atoms with Crippen LogP contribution in [-0.2, 0) is 12.0 Å². The Morgan fingerprint density at radius 3 is 2.07 bits per heavy atom. The van der Waals surface area contributed by atoms with Crippen molar-refractivity contribution < 1.29 is 0 Å². The fourth-order valence-electron chi connectivity index (χ4n) is 4.07. The van der Waals surface area contributed by atoms with E-state index in [-0.39, 0.29) is 11.5 Å². The molecule has 29 heavy (non-hydrogen) atoms. The van der Waals surface area contributed by atoms with E-state index in [1.807, 2.05) is 12.1 Å². The molecule has 3 aromatic rings. The van der Waals surface area contributed by atoms with Crippen LogP contribution in [0.25, 0.3) is 0 Å². The topological polar surface area (TPSA) is 28.0 Å². The lowest BCUT2D eigenvalue weighted by molar-refractivity contribution is 0.311.